The lowest BCUT2D eigenvalue weighted by atomic mass is 10.2. The fourth-order valence-corrected chi connectivity index (χ4v) is 5.24. The van der Waals surface area contributed by atoms with Crippen molar-refractivity contribution in [2.45, 2.75) is 39.8 Å². The Morgan fingerprint density at radius 2 is 1.52 bits per heavy atom. The summed E-state index contributed by atoms with van der Waals surface area (Å²) in [5.74, 6) is 0.585. The van der Waals surface area contributed by atoms with Crippen LogP contribution in [0.1, 0.15) is 27.7 Å². The Kier molecular flexibility index (Phi) is 6.01. The number of hydrogen-bond acceptors (Lipinski definition) is 5. The smallest absolute Gasteiger partial charge is 0.279 e. The summed E-state index contributed by atoms with van der Waals surface area (Å²) in [6.45, 7) is 8.39. The van der Waals surface area contributed by atoms with Crippen molar-refractivity contribution in [3.8, 4) is 11.4 Å². The molecule has 0 saturated heterocycles. The van der Waals surface area contributed by atoms with Gasteiger partial charge in [-0.25, -0.2) is 4.57 Å². The van der Waals surface area contributed by atoms with Crippen LogP contribution in [-0.4, -0.2) is 26.2 Å². The summed E-state index contributed by atoms with van der Waals surface area (Å²) >= 11 is 13.0. The second-order valence-electron chi connectivity index (χ2n) is 7.82. The van der Waals surface area contributed by atoms with Crippen molar-refractivity contribution >= 4 is 51.5 Å². The van der Waals surface area contributed by atoms with Crippen LogP contribution in [0.15, 0.2) is 59.4 Å². The summed E-state index contributed by atoms with van der Waals surface area (Å²) in [6, 6.07) is 17.3. The molecule has 0 N–H and O–H groups in total. The molecule has 31 heavy (non-hydrogen) atoms. The van der Waals surface area contributed by atoms with Gasteiger partial charge in [-0.15, -0.1) is 0 Å². The predicted molar refractivity (Wildman–Crippen MR) is 133 cm³/mol. The Morgan fingerprint density at radius 3 is 2.10 bits per heavy atom. The number of thiazole rings is 1. The zero-order valence-corrected chi connectivity index (χ0v) is 20.1. The van der Waals surface area contributed by atoms with Crippen molar-refractivity contribution in [2.24, 2.45) is 0 Å². The molecule has 2 aromatic carbocycles. The minimum Gasteiger partial charge on any atom is -0.337 e. The third kappa shape index (κ3) is 3.93. The van der Waals surface area contributed by atoms with E-state index in [1.165, 1.54) is 11.3 Å². The molecule has 5 nitrogen and oxygen atoms in total. The van der Waals surface area contributed by atoms with Gasteiger partial charge in [0.15, 0.2) is 9.60 Å². The van der Waals surface area contributed by atoms with Crippen LogP contribution in [0.5, 0.6) is 0 Å². The van der Waals surface area contributed by atoms with E-state index in [0.29, 0.717) is 25.3 Å². The maximum Gasteiger partial charge on any atom is 0.279 e. The summed E-state index contributed by atoms with van der Waals surface area (Å²) in [7, 11) is 0. The van der Waals surface area contributed by atoms with Gasteiger partial charge in [-0.1, -0.05) is 41.1 Å². The number of rotatable bonds is 5. The highest BCUT2D eigenvalue weighted by Gasteiger charge is 2.25. The summed E-state index contributed by atoms with van der Waals surface area (Å²) in [4.78, 5) is 21.0. The molecule has 0 saturated carbocycles. The van der Waals surface area contributed by atoms with Gasteiger partial charge in [-0.05, 0) is 76.3 Å². The third-order valence-corrected chi connectivity index (χ3v) is 6.64. The van der Waals surface area contributed by atoms with Crippen LogP contribution >= 0.6 is 35.2 Å². The molecule has 0 unspecified atom stereocenters. The van der Waals surface area contributed by atoms with E-state index in [1.54, 1.807) is 16.7 Å². The number of nitrogens with zero attached hydrogens (tertiary/aromatic N) is 4. The van der Waals surface area contributed by atoms with E-state index >= 15 is 0 Å². The average Bonchev–Trinajstić information content (AvgIpc) is 3.06. The standard InChI is InChI=1S/C23H23ClN4OS2/c1-14(2)26(15(3)4)22-25-20-19(21(29)28(22)18-12-10-16(24)11-13-18)31-23(30)27(20)17-8-6-5-7-9-17/h5-15H,1-4H3. The highest BCUT2D eigenvalue weighted by atomic mass is 35.5. The minimum atomic E-state index is -0.139. The SMILES string of the molecule is CC(C)N(c1nc2c(sc(=S)n2-c2ccccc2)c(=O)n1-c1ccc(Cl)cc1)C(C)C. The largest absolute Gasteiger partial charge is 0.337 e. The molecule has 0 atom stereocenters. The maximum atomic E-state index is 13.8. The minimum absolute atomic E-state index is 0.134. The number of hydrogen-bond donors (Lipinski definition) is 0. The number of fused-ring (bicyclic) bond motifs is 1. The molecular weight excluding hydrogens is 448 g/mol. The lowest BCUT2D eigenvalue weighted by Crippen LogP contribution is -2.41. The van der Waals surface area contributed by atoms with E-state index in [4.69, 9.17) is 28.8 Å². The molecule has 0 bridgehead atoms. The Hall–Kier alpha value is -2.48. The van der Waals surface area contributed by atoms with E-state index in [2.05, 4.69) is 32.6 Å². The molecule has 2 heterocycles. The molecular formula is C23H23ClN4OS2. The first-order valence-corrected chi connectivity index (χ1v) is 11.7. The van der Waals surface area contributed by atoms with Gasteiger partial charge in [-0.2, -0.15) is 4.98 Å². The van der Waals surface area contributed by atoms with Crippen LogP contribution in [0, 0.1) is 3.95 Å². The second kappa shape index (κ2) is 8.57. The summed E-state index contributed by atoms with van der Waals surface area (Å²) in [5.41, 5.74) is 2.05. The van der Waals surface area contributed by atoms with Crippen molar-refractivity contribution in [2.75, 3.05) is 4.90 Å². The lowest BCUT2D eigenvalue weighted by Gasteiger charge is -2.33. The van der Waals surface area contributed by atoms with Gasteiger partial charge in [0.2, 0.25) is 5.95 Å². The monoisotopic (exact) mass is 470 g/mol. The molecule has 0 radical (unpaired) electrons. The molecule has 0 aliphatic carbocycles. The van der Waals surface area contributed by atoms with Crippen LogP contribution in [0.4, 0.5) is 5.95 Å². The highest BCUT2D eigenvalue weighted by Crippen LogP contribution is 2.28. The molecule has 0 amide bonds. The molecule has 8 heteroatoms. The van der Waals surface area contributed by atoms with Crippen molar-refractivity contribution in [3.63, 3.8) is 0 Å². The first-order chi connectivity index (χ1) is 14.8. The van der Waals surface area contributed by atoms with Gasteiger partial charge in [0.25, 0.3) is 5.56 Å². The fourth-order valence-electron chi connectivity index (χ4n) is 3.80. The van der Waals surface area contributed by atoms with Gasteiger partial charge < -0.3 is 4.90 Å². The number of anilines is 1. The first kappa shape index (κ1) is 21.7. The summed E-state index contributed by atoms with van der Waals surface area (Å²) in [5, 5.41) is 0.614. The van der Waals surface area contributed by atoms with Gasteiger partial charge in [0, 0.05) is 22.8 Å². The molecule has 0 aliphatic rings. The van der Waals surface area contributed by atoms with E-state index < -0.39 is 0 Å². The Balaban J connectivity index is 2.13. The zero-order chi connectivity index (χ0) is 22.3. The Labute approximate surface area is 195 Å². The quantitative estimate of drug-likeness (QED) is 0.323. The number of aromatic nitrogens is 3. The van der Waals surface area contributed by atoms with E-state index in [-0.39, 0.29) is 17.6 Å². The molecule has 4 aromatic rings. The Morgan fingerprint density at radius 1 is 0.935 bits per heavy atom. The normalized spacial score (nSPS) is 11.6. The zero-order valence-electron chi connectivity index (χ0n) is 17.7. The van der Waals surface area contributed by atoms with Crippen LogP contribution in [0.25, 0.3) is 21.7 Å². The van der Waals surface area contributed by atoms with Gasteiger partial charge in [-0.3, -0.25) is 9.36 Å². The maximum absolute atomic E-state index is 13.8. The average molecular weight is 471 g/mol. The van der Waals surface area contributed by atoms with Crippen LogP contribution in [0.2, 0.25) is 5.02 Å². The molecule has 160 valence electrons. The summed E-state index contributed by atoms with van der Waals surface area (Å²) in [6.07, 6.45) is 0. The van der Waals surface area contributed by atoms with E-state index in [1.807, 2.05) is 47.0 Å². The van der Waals surface area contributed by atoms with Gasteiger partial charge in [0.05, 0.1) is 5.69 Å². The lowest BCUT2D eigenvalue weighted by molar-refractivity contribution is 0.582. The topological polar surface area (TPSA) is 43.1 Å². The molecule has 2 aromatic heterocycles. The highest BCUT2D eigenvalue weighted by molar-refractivity contribution is 7.73. The molecule has 0 aliphatic heterocycles. The number of para-hydroxylation sites is 1. The van der Waals surface area contributed by atoms with Crippen molar-refractivity contribution in [1.82, 2.24) is 14.1 Å². The molecule has 0 fully saturated rings. The molecule has 4 rings (SSSR count). The number of halogens is 1. The van der Waals surface area contributed by atoms with Crippen molar-refractivity contribution < 1.29 is 0 Å². The molecule has 0 spiro atoms. The third-order valence-electron chi connectivity index (χ3n) is 5.03. The van der Waals surface area contributed by atoms with Gasteiger partial charge >= 0.3 is 0 Å². The van der Waals surface area contributed by atoms with E-state index in [9.17, 15) is 4.79 Å². The fraction of sp³-hybridized carbons (Fsp3) is 0.261. The summed E-state index contributed by atoms with van der Waals surface area (Å²) < 4.78 is 4.66. The first-order valence-electron chi connectivity index (χ1n) is 10.1. The predicted octanol–water partition coefficient (Wildman–Crippen LogP) is 6.24. The van der Waals surface area contributed by atoms with Crippen molar-refractivity contribution in [3.05, 3.63) is 73.9 Å². The second-order valence-corrected chi connectivity index (χ2v) is 9.90. The van der Waals surface area contributed by atoms with Crippen LogP contribution in [0.3, 0.4) is 0 Å². The van der Waals surface area contributed by atoms with Gasteiger partial charge in [0.1, 0.15) is 4.70 Å². The van der Waals surface area contributed by atoms with Crippen LogP contribution < -0.4 is 10.5 Å². The van der Waals surface area contributed by atoms with Crippen LogP contribution in [-0.2, 0) is 0 Å². The van der Waals surface area contributed by atoms with E-state index in [0.717, 1.165) is 11.4 Å². The van der Waals surface area contributed by atoms with Crippen molar-refractivity contribution in [1.29, 1.82) is 0 Å². The number of benzene rings is 2. The Bertz CT molecular complexity index is 1330.